The van der Waals surface area contributed by atoms with Crippen molar-refractivity contribution in [2.24, 2.45) is 0 Å². The molecule has 1 aromatic heterocycles. The monoisotopic (exact) mass is 361 g/mol. The molecule has 1 heterocycles. The van der Waals surface area contributed by atoms with Gasteiger partial charge in [0.05, 0.1) is 34.3 Å². The van der Waals surface area contributed by atoms with Crippen LogP contribution in [0.25, 0.3) is 0 Å². The molecule has 142 valence electrons. The van der Waals surface area contributed by atoms with E-state index in [1.54, 1.807) is 38.4 Å². The van der Waals surface area contributed by atoms with Crippen molar-refractivity contribution in [3.8, 4) is 17.2 Å². The van der Waals surface area contributed by atoms with Gasteiger partial charge in [-0.1, -0.05) is 0 Å². The average Bonchev–Trinajstić information content (AvgIpc) is 3.03. The van der Waals surface area contributed by atoms with E-state index in [1.807, 2.05) is 32.9 Å². The first-order chi connectivity index (χ1) is 12.4. The van der Waals surface area contributed by atoms with Gasteiger partial charge in [0.1, 0.15) is 11.5 Å². The van der Waals surface area contributed by atoms with E-state index >= 15 is 0 Å². The first-order valence-electron chi connectivity index (χ1n) is 8.53. The van der Waals surface area contributed by atoms with Crippen molar-refractivity contribution in [3.63, 3.8) is 0 Å². The molecule has 0 radical (unpaired) electrons. The molecule has 6 nitrogen and oxygen atoms in total. The van der Waals surface area contributed by atoms with Crippen LogP contribution in [0.1, 0.15) is 30.9 Å². The minimum Gasteiger partial charge on any atom is -0.493 e. The number of carbonyl (C=O) groups is 1. The predicted octanol–water partition coefficient (Wildman–Crippen LogP) is 3.59. The molecule has 0 aliphatic heterocycles. The molecule has 0 N–H and O–H groups in total. The number of benzene rings is 1. The Bertz CT molecular complexity index is 725. The number of hydrogen-bond donors (Lipinski definition) is 0. The van der Waals surface area contributed by atoms with Gasteiger partial charge in [-0.2, -0.15) is 0 Å². The van der Waals surface area contributed by atoms with E-state index in [9.17, 15) is 4.79 Å². The molecule has 0 unspecified atom stereocenters. The third-order valence-corrected chi connectivity index (χ3v) is 4.15. The zero-order chi connectivity index (χ0) is 19.3. The molecule has 0 aliphatic carbocycles. The largest absolute Gasteiger partial charge is 0.493 e. The van der Waals surface area contributed by atoms with Gasteiger partial charge in [0.2, 0.25) is 11.7 Å². The van der Waals surface area contributed by atoms with Crippen LogP contribution in [0.5, 0.6) is 17.2 Å². The highest BCUT2D eigenvalue weighted by atomic mass is 16.5. The van der Waals surface area contributed by atoms with E-state index in [4.69, 9.17) is 18.6 Å². The van der Waals surface area contributed by atoms with Crippen LogP contribution < -0.4 is 14.2 Å². The summed E-state index contributed by atoms with van der Waals surface area (Å²) in [5.41, 5.74) is 0.797. The average molecular weight is 361 g/mol. The first kappa shape index (κ1) is 19.7. The molecule has 26 heavy (non-hydrogen) atoms. The second kappa shape index (κ2) is 8.65. The van der Waals surface area contributed by atoms with Gasteiger partial charge in [-0.25, -0.2) is 0 Å². The lowest BCUT2D eigenvalue weighted by molar-refractivity contribution is -0.133. The molecule has 0 atom stereocenters. The topological polar surface area (TPSA) is 61.1 Å². The maximum absolute atomic E-state index is 12.9. The molecule has 0 spiro atoms. The number of ether oxygens (including phenoxy) is 3. The number of methoxy groups -OCH3 is 3. The van der Waals surface area contributed by atoms with Crippen LogP contribution in [-0.4, -0.2) is 38.2 Å². The number of hydrogen-bond acceptors (Lipinski definition) is 5. The second-order valence-corrected chi connectivity index (χ2v) is 6.34. The highest BCUT2D eigenvalue weighted by Crippen LogP contribution is 2.38. The molecule has 0 saturated heterocycles. The summed E-state index contributed by atoms with van der Waals surface area (Å²) in [6.07, 6.45) is 0.231. The van der Waals surface area contributed by atoms with E-state index < -0.39 is 0 Å². The quantitative estimate of drug-likeness (QED) is 0.719. The van der Waals surface area contributed by atoms with Gasteiger partial charge in [-0.3, -0.25) is 4.79 Å². The second-order valence-electron chi connectivity index (χ2n) is 6.34. The Labute approximate surface area is 154 Å². The lowest BCUT2D eigenvalue weighted by Crippen LogP contribution is -2.37. The maximum Gasteiger partial charge on any atom is 0.227 e. The van der Waals surface area contributed by atoms with Crippen LogP contribution in [0.2, 0.25) is 0 Å². The number of rotatable bonds is 8. The third-order valence-electron chi connectivity index (χ3n) is 4.15. The van der Waals surface area contributed by atoms with Gasteiger partial charge in [0.15, 0.2) is 11.5 Å². The van der Waals surface area contributed by atoms with Gasteiger partial charge in [-0.05, 0) is 50.6 Å². The number of carbonyl (C=O) groups excluding carboxylic acids is 1. The summed E-state index contributed by atoms with van der Waals surface area (Å²) in [7, 11) is 4.67. The molecule has 6 heteroatoms. The molecule has 0 aliphatic rings. The number of furan rings is 1. The molecule has 0 fully saturated rings. The van der Waals surface area contributed by atoms with Crippen molar-refractivity contribution in [2.45, 2.75) is 39.8 Å². The van der Waals surface area contributed by atoms with Gasteiger partial charge in [0, 0.05) is 6.04 Å². The van der Waals surface area contributed by atoms with E-state index in [-0.39, 0.29) is 18.4 Å². The van der Waals surface area contributed by atoms with Crippen LogP contribution >= 0.6 is 0 Å². The van der Waals surface area contributed by atoms with Crippen LogP contribution in [0, 0.1) is 6.92 Å². The number of aryl methyl sites for hydroxylation is 1. The van der Waals surface area contributed by atoms with Crippen LogP contribution in [0.3, 0.4) is 0 Å². The Morgan fingerprint density at radius 2 is 1.69 bits per heavy atom. The van der Waals surface area contributed by atoms with Crippen molar-refractivity contribution < 1.29 is 23.4 Å². The van der Waals surface area contributed by atoms with Crippen molar-refractivity contribution >= 4 is 5.91 Å². The van der Waals surface area contributed by atoms with Crippen molar-refractivity contribution in [2.75, 3.05) is 21.3 Å². The predicted molar refractivity (Wildman–Crippen MR) is 98.9 cm³/mol. The Balaban J connectivity index is 2.23. The van der Waals surface area contributed by atoms with Crippen LogP contribution in [0.15, 0.2) is 28.7 Å². The zero-order valence-corrected chi connectivity index (χ0v) is 16.3. The summed E-state index contributed by atoms with van der Waals surface area (Å²) >= 11 is 0. The minimum atomic E-state index is 0.00308. The Morgan fingerprint density at radius 3 is 2.12 bits per heavy atom. The smallest absolute Gasteiger partial charge is 0.227 e. The van der Waals surface area contributed by atoms with Gasteiger partial charge in [0.25, 0.3) is 0 Å². The highest BCUT2D eigenvalue weighted by Gasteiger charge is 2.21. The molecule has 0 saturated carbocycles. The van der Waals surface area contributed by atoms with E-state index in [0.29, 0.717) is 23.8 Å². The van der Waals surface area contributed by atoms with E-state index in [0.717, 1.165) is 17.1 Å². The summed E-state index contributed by atoms with van der Waals surface area (Å²) in [6, 6.07) is 7.45. The first-order valence-corrected chi connectivity index (χ1v) is 8.53. The number of amides is 1. The molecule has 1 aromatic carbocycles. The fraction of sp³-hybridized carbons (Fsp3) is 0.450. The zero-order valence-electron chi connectivity index (χ0n) is 16.3. The Hall–Kier alpha value is -2.63. The van der Waals surface area contributed by atoms with E-state index in [2.05, 4.69) is 0 Å². The third kappa shape index (κ3) is 4.50. The van der Waals surface area contributed by atoms with Gasteiger partial charge in [-0.15, -0.1) is 0 Å². The SMILES string of the molecule is COc1cc(CC(=O)N(Cc2ccc(C)o2)C(C)C)cc(OC)c1OC. The normalized spacial score (nSPS) is 10.7. The standard InChI is InChI=1S/C20H27NO5/c1-13(2)21(12-16-8-7-14(3)26-16)19(22)11-15-9-17(23-4)20(25-6)18(10-15)24-5/h7-10,13H,11-12H2,1-6H3. The van der Waals surface area contributed by atoms with Crippen molar-refractivity contribution in [1.82, 2.24) is 4.90 Å². The maximum atomic E-state index is 12.9. The molecular weight excluding hydrogens is 334 g/mol. The summed E-state index contributed by atoms with van der Waals surface area (Å²) in [4.78, 5) is 14.7. The molecule has 1 amide bonds. The fourth-order valence-corrected chi connectivity index (χ4v) is 2.81. The Morgan fingerprint density at radius 1 is 1.08 bits per heavy atom. The van der Waals surface area contributed by atoms with E-state index in [1.165, 1.54) is 0 Å². The summed E-state index contributed by atoms with van der Waals surface area (Å²) in [5, 5.41) is 0. The van der Waals surface area contributed by atoms with Gasteiger partial charge < -0.3 is 23.5 Å². The fourth-order valence-electron chi connectivity index (χ4n) is 2.81. The van der Waals surface area contributed by atoms with Gasteiger partial charge >= 0.3 is 0 Å². The summed E-state index contributed by atoms with van der Waals surface area (Å²) in [5.74, 6) is 3.19. The number of nitrogens with zero attached hydrogens (tertiary/aromatic N) is 1. The molecule has 0 bridgehead atoms. The lowest BCUT2D eigenvalue weighted by atomic mass is 10.1. The Kier molecular flexibility index (Phi) is 6.55. The summed E-state index contributed by atoms with van der Waals surface area (Å²) < 4.78 is 21.7. The summed E-state index contributed by atoms with van der Waals surface area (Å²) in [6.45, 7) is 6.31. The van der Waals surface area contributed by atoms with Crippen LogP contribution in [0.4, 0.5) is 0 Å². The molecular formula is C20H27NO5. The lowest BCUT2D eigenvalue weighted by Gasteiger charge is -2.26. The van der Waals surface area contributed by atoms with Crippen molar-refractivity contribution in [1.29, 1.82) is 0 Å². The minimum absolute atomic E-state index is 0.00308. The highest BCUT2D eigenvalue weighted by molar-refractivity contribution is 5.79. The van der Waals surface area contributed by atoms with Crippen LogP contribution in [-0.2, 0) is 17.8 Å². The van der Waals surface area contributed by atoms with Crippen molar-refractivity contribution in [3.05, 3.63) is 41.3 Å². The molecule has 2 aromatic rings. The molecule has 2 rings (SSSR count).